The van der Waals surface area contributed by atoms with Crippen LogP contribution in [0.2, 0.25) is 0 Å². The number of carbonyl (C=O) groups is 1. The lowest BCUT2D eigenvalue weighted by atomic mass is 10.2. The Labute approximate surface area is 192 Å². The molecule has 33 heavy (non-hydrogen) atoms. The zero-order valence-electron chi connectivity index (χ0n) is 19.2. The zero-order chi connectivity index (χ0) is 25.4. The van der Waals surface area contributed by atoms with Crippen LogP contribution in [0.4, 0.5) is 29.3 Å². The normalized spacial score (nSPS) is 11.9. The first-order valence-corrected chi connectivity index (χ1v) is 11.7. The molecule has 0 aliphatic carbocycles. The number of para-hydroxylation sites is 1. The molecule has 0 spiro atoms. The van der Waals surface area contributed by atoms with Crippen LogP contribution in [-0.2, 0) is 16.3 Å². The summed E-state index contributed by atoms with van der Waals surface area (Å²) in [6, 6.07) is 9.23. The molecule has 0 aliphatic heterocycles. The lowest BCUT2D eigenvalue weighted by Gasteiger charge is -2.25. The highest BCUT2D eigenvalue weighted by atomic mass is 32.2. The minimum Gasteiger partial charge on any atom is -0.744 e. The van der Waals surface area contributed by atoms with Gasteiger partial charge in [-0.05, 0) is 71.0 Å². The Morgan fingerprint density at radius 1 is 0.970 bits per heavy atom. The van der Waals surface area contributed by atoms with Crippen molar-refractivity contribution in [1.82, 2.24) is 0 Å². The minimum atomic E-state index is -4.79. The topological polar surface area (TPSA) is 103 Å². The second kappa shape index (κ2) is 12.0. The van der Waals surface area contributed by atoms with Crippen LogP contribution in [0.25, 0.3) is 0 Å². The molecule has 0 aliphatic rings. The second-order valence-corrected chi connectivity index (χ2v) is 9.19. The summed E-state index contributed by atoms with van der Waals surface area (Å²) in [4.78, 5) is 12.9. The van der Waals surface area contributed by atoms with Gasteiger partial charge in [0.1, 0.15) is 10.1 Å². The third kappa shape index (κ3) is 9.40. The third-order valence-corrected chi connectivity index (χ3v) is 5.66. The average Bonchev–Trinajstić information content (AvgIpc) is 2.67. The van der Waals surface area contributed by atoms with Gasteiger partial charge in [-0.2, -0.15) is 13.2 Å². The zero-order valence-corrected chi connectivity index (χ0v) is 20.0. The Balaban J connectivity index is 0.000000513. The van der Waals surface area contributed by atoms with Crippen molar-refractivity contribution in [2.45, 2.75) is 57.8 Å². The molecule has 11 heteroatoms. The van der Waals surface area contributed by atoms with Crippen molar-refractivity contribution in [3.63, 3.8) is 0 Å². The molecule has 0 fully saturated rings. The number of hydrogen-bond acceptors (Lipinski definition) is 4. The fourth-order valence-electron chi connectivity index (χ4n) is 3.30. The monoisotopic (exact) mass is 489 g/mol. The fraction of sp³-hybridized carbons (Fsp3) is 0.409. The van der Waals surface area contributed by atoms with Crippen LogP contribution >= 0.6 is 0 Å². The van der Waals surface area contributed by atoms with E-state index >= 15 is 0 Å². The molecule has 184 valence electrons. The number of hydrogen-bond donors (Lipinski definition) is 3. The predicted octanol–water partition coefficient (Wildman–Crippen LogP) is 3.96. The number of anilines is 2. The molecule has 0 aromatic heterocycles. The van der Waals surface area contributed by atoms with Crippen LogP contribution in [0, 0.1) is 0 Å². The first-order valence-electron chi connectivity index (χ1n) is 10.3. The standard InChI is InChI=1S/C14H11F3N2O4S.C8H19N/c15-14(16,17)9-5-7-10(8-6-9)18-13(20)19-11-3-1-2-4-12(11)24(21,22)23;1-6-9(7(2)3)8(4)5/h1-8H,(H2,18,19,20)(H,21,22,23);7-8H,6H2,1-5H3. The van der Waals surface area contributed by atoms with E-state index < -0.39 is 32.8 Å². The number of carbonyl (C=O) groups excluding carboxylic acids is 1. The van der Waals surface area contributed by atoms with Crippen LogP contribution < -0.4 is 15.5 Å². The van der Waals surface area contributed by atoms with Gasteiger partial charge >= 0.3 is 12.2 Å². The van der Waals surface area contributed by atoms with E-state index in [2.05, 4.69) is 45.3 Å². The quantitative estimate of drug-likeness (QED) is 0.535. The molecule has 7 nitrogen and oxygen atoms in total. The molecule has 0 saturated carbocycles. The minimum absolute atomic E-state index is 0.0583. The van der Waals surface area contributed by atoms with E-state index in [0.717, 1.165) is 42.4 Å². The summed E-state index contributed by atoms with van der Waals surface area (Å²) >= 11 is 0. The van der Waals surface area contributed by atoms with Gasteiger partial charge in [0.05, 0.1) is 34.8 Å². The van der Waals surface area contributed by atoms with Gasteiger partial charge in [0, 0.05) is 5.69 Å². The summed E-state index contributed by atoms with van der Waals surface area (Å²) < 4.78 is 70.6. The summed E-state index contributed by atoms with van der Waals surface area (Å²) in [5.41, 5.74) is -1.06. The van der Waals surface area contributed by atoms with Gasteiger partial charge in [0.25, 0.3) is 0 Å². The number of alkyl halides is 3. The largest absolute Gasteiger partial charge is 0.744 e. The van der Waals surface area contributed by atoms with Gasteiger partial charge in [-0.1, -0.05) is 12.1 Å². The van der Waals surface area contributed by atoms with Crippen LogP contribution in [0.15, 0.2) is 53.4 Å². The number of rotatable bonds is 6. The number of quaternary nitrogens is 1. The van der Waals surface area contributed by atoms with Gasteiger partial charge in [-0.25, -0.2) is 13.2 Å². The number of halogens is 3. The maximum absolute atomic E-state index is 12.4. The number of benzene rings is 2. The highest BCUT2D eigenvalue weighted by Crippen LogP contribution is 2.30. The first-order chi connectivity index (χ1) is 15.2. The number of urea groups is 1. The van der Waals surface area contributed by atoms with Crippen LogP contribution in [0.5, 0.6) is 0 Å². The Morgan fingerprint density at radius 3 is 1.88 bits per heavy atom. The highest BCUT2D eigenvalue weighted by molar-refractivity contribution is 7.86. The Hall–Kier alpha value is -2.63. The molecule has 2 rings (SSSR count). The van der Waals surface area contributed by atoms with Crippen molar-refractivity contribution >= 4 is 27.5 Å². The van der Waals surface area contributed by atoms with Gasteiger partial charge in [0.15, 0.2) is 0 Å². The van der Waals surface area contributed by atoms with Crippen molar-refractivity contribution in [1.29, 1.82) is 0 Å². The van der Waals surface area contributed by atoms with E-state index in [1.807, 2.05) is 0 Å². The highest BCUT2D eigenvalue weighted by Gasteiger charge is 2.30. The van der Waals surface area contributed by atoms with E-state index in [1.54, 1.807) is 4.90 Å². The molecule has 2 aromatic rings. The summed E-state index contributed by atoms with van der Waals surface area (Å²) in [6.45, 7) is 12.6. The van der Waals surface area contributed by atoms with Gasteiger partial charge in [-0.3, -0.25) is 0 Å². The molecule has 0 bridgehead atoms. The lowest BCUT2D eigenvalue weighted by Crippen LogP contribution is -3.17. The summed E-state index contributed by atoms with van der Waals surface area (Å²) in [6.07, 6.45) is -4.50. The van der Waals surface area contributed by atoms with Crippen LogP contribution in [0.3, 0.4) is 0 Å². The molecular formula is C22H30F3N3O4S. The summed E-state index contributed by atoms with van der Waals surface area (Å²) in [5.74, 6) is 0. The smallest absolute Gasteiger partial charge is 0.416 e. The van der Waals surface area contributed by atoms with Crippen molar-refractivity contribution in [2.24, 2.45) is 0 Å². The van der Waals surface area contributed by atoms with Crippen molar-refractivity contribution in [3.8, 4) is 0 Å². The lowest BCUT2D eigenvalue weighted by molar-refractivity contribution is -0.940. The molecule has 0 saturated heterocycles. The van der Waals surface area contributed by atoms with E-state index in [9.17, 15) is 30.9 Å². The van der Waals surface area contributed by atoms with E-state index in [-0.39, 0.29) is 11.4 Å². The van der Waals surface area contributed by atoms with Gasteiger partial charge < -0.3 is 20.1 Å². The average molecular weight is 490 g/mol. The maximum Gasteiger partial charge on any atom is 0.416 e. The van der Waals surface area contributed by atoms with E-state index in [1.165, 1.54) is 24.7 Å². The molecule has 0 heterocycles. The predicted molar refractivity (Wildman–Crippen MR) is 120 cm³/mol. The van der Waals surface area contributed by atoms with Crippen molar-refractivity contribution in [2.75, 3.05) is 17.2 Å². The fourth-order valence-corrected chi connectivity index (χ4v) is 3.93. The molecule has 0 unspecified atom stereocenters. The number of amides is 2. The van der Waals surface area contributed by atoms with Gasteiger partial charge in [0.2, 0.25) is 0 Å². The Kier molecular flexibility index (Phi) is 10.3. The van der Waals surface area contributed by atoms with E-state index in [4.69, 9.17) is 0 Å². The van der Waals surface area contributed by atoms with Crippen LogP contribution in [0.1, 0.15) is 40.2 Å². The van der Waals surface area contributed by atoms with E-state index in [0.29, 0.717) is 0 Å². The Bertz CT molecular complexity index is 1000. The molecular weight excluding hydrogens is 459 g/mol. The third-order valence-electron chi connectivity index (χ3n) is 4.77. The van der Waals surface area contributed by atoms with Crippen molar-refractivity contribution in [3.05, 3.63) is 54.1 Å². The van der Waals surface area contributed by atoms with Gasteiger partial charge in [-0.15, -0.1) is 0 Å². The SMILES string of the molecule is CC[NH+](C(C)C)C(C)C.O=C(Nc1ccc(C(F)(F)F)cc1)Nc1ccccc1S(=O)(=O)[O-]. The Morgan fingerprint density at radius 2 is 1.48 bits per heavy atom. The molecule has 0 radical (unpaired) electrons. The summed E-state index contributed by atoms with van der Waals surface area (Å²) in [7, 11) is -4.79. The van der Waals surface area contributed by atoms with Crippen molar-refractivity contribution < 1.29 is 35.8 Å². The second-order valence-electron chi connectivity index (χ2n) is 7.84. The maximum atomic E-state index is 12.4. The van der Waals surface area contributed by atoms with Crippen LogP contribution in [-0.4, -0.2) is 37.6 Å². The number of nitrogens with one attached hydrogen (secondary N) is 3. The molecule has 3 N–H and O–H groups in total. The summed E-state index contributed by atoms with van der Waals surface area (Å²) in [5, 5.41) is 4.39. The first kappa shape index (κ1) is 28.4. The molecule has 0 atom stereocenters. The molecule has 2 aromatic carbocycles. The molecule has 2 amide bonds.